The van der Waals surface area contributed by atoms with Crippen LogP contribution in [0.25, 0.3) is 11.2 Å². The summed E-state index contributed by atoms with van der Waals surface area (Å²) in [6.07, 6.45) is 8.70. The van der Waals surface area contributed by atoms with Crippen molar-refractivity contribution in [2.24, 2.45) is 10.7 Å². The number of hydrogen-bond acceptors (Lipinski definition) is 5. The second-order valence-electron chi connectivity index (χ2n) is 4.64. The van der Waals surface area contributed by atoms with Crippen molar-refractivity contribution >= 4 is 22.8 Å². The fourth-order valence-corrected chi connectivity index (χ4v) is 1.73. The molecule has 0 amide bonds. The first-order chi connectivity index (χ1) is 12.6. The van der Waals surface area contributed by atoms with Crippen molar-refractivity contribution in [1.82, 2.24) is 19.9 Å². The van der Waals surface area contributed by atoms with Crippen LogP contribution < -0.4 is 11.1 Å². The van der Waals surface area contributed by atoms with E-state index >= 15 is 0 Å². The standard InChI is InChI=1S/C15H19N7.2C2H6/c1-4-5-6-11(10(2)3)22-12(16)7-17-14-13-15(19-8-18-13)21-9-20-14;2*1-2/h4-6,8-9H,2,7H2,1,3H3,(H2,16,22)(H2,17,18,19,20,21);2*1-2H3/b5-4-,11-6+;;. The number of allylic oxidation sites excluding steroid dienone is 4. The van der Waals surface area contributed by atoms with E-state index in [4.69, 9.17) is 5.73 Å². The van der Waals surface area contributed by atoms with Gasteiger partial charge in [-0.3, -0.25) is 0 Å². The highest BCUT2D eigenvalue weighted by Gasteiger charge is 2.05. The third kappa shape index (κ3) is 7.29. The summed E-state index contributed by atoms with van der Waals surface area (Å²) < 4.78 is 0. The first-order valence-corrected chi connectivity index (χ1v) is 8.81. The Morgan fingerprint density at radius 3 is 2.58 bits per heavy atom. The van der Waals surface area contributed by atoms with Crippen LogP contribution >= 0.6 is 0 Å². The lowest BCUT2D eigenvalue weighted by atomic mass is 10.2. The fourth-order valence-electron chi connectivity index (χ4n) is 1.73. The maximum Gasteiger partial charge on any atom is 0.182 e. The van der Waals surface area contributed by atoms with Gasteiger partial charge in [-0.2, -0.15) is 0 Å². The third-order valence-electron chi connectivity index (χ3n) is 2.81. The molecule has 26 heavy (non-hydrogen) atoms. The predicted octanol–water partition coefficient (Wildman–Crippen LogP) is 4.21. The number of fused-ring (bicyclic) bond motifs is 1. The number of aliphatic imine (C=N–C) groups is 1. The lowest BCUT2D eigenvalue weighted by Gasteiger charge is -2.07. The molecular weight excluding hydrogens is 326 g/mol. The van der Waals surface area contributed by atoms with E-state index in [1.807, 2.05) is 59.8 Å². The average Bonchev–Trinajstić information content (AvgIpc) is 3.15. The van der Waals surface area contributed by atoms with E-state index < -0.39 is 0 Å². The molecule has 0 aromatic carbocycles. The van der Waals surface area contributed by atoms with Gasteiger partial charge in [0.05, 0.1) is 18.6 Å². The van der Waals surface area contributed by atoms with Crippen LogP contribution in [0, 0.1) is 0 Å². The van der Waals surface area contributed by atoms with Gasteiger partial charge in [0.15, 0.2) is 11.5 Å². The molecule has 0 aliphatic heterocycles. The Kier molecular flexibility index (Phi) is 11.8. The highest BCUT2D eigenvalue weighted by molar-refractivity contribution is 5.88. The molecule has 0 saturated carbocycles. The summed E-state index contributed by atoms with van der Waals surface area (Å²) in [6, 6.07) is 0. The molecule has 2 aromatic heterocycles. The molecule has 0 aliphatic carbocycles. The largest absolute Gasteiger partial charge is 0.386 e. The van der Waals surface area contributed by atoms with E-state index in [1.54, 1.807) is 6.33 Å². The van der Waals surface area contributed by atoms with Crippen LogP contribution in [-0.4, -0.2) is 32.3 Å². The van der Waals surface area contributed by atoms with Gasteiger partial charge in [-0.25, -0.2) is 19.9 Å². The van der Waals surface area contributed by atoms with Crippen LogP contribution in [-0.2, 0) is 0 Å². The molecular formula is C19H31N7. The predicted molar refractivity (Wildman–Crippen MR) is 112 cm³/mol. The molecule has 0 unspecified atom stereocenters. The normalized spacial score (nSPS) is 11.5. The number of rotatable bonds is 6. The number of anilines is 1. The van der Waals surface area contributed by atoms with Gasteiger partial charge in [-0.1, -0.05) is 46.4 Å². The van der Waals surface area contributed by atoms with Gasteiger partial charge in [0, 0.05) is 0 Å². The lowest BCUT2D eigenvalue weighted by Crippen LogP contribution is -2.23. The number of aromatic amines is 1. The zero-order valence-electron chi connectivity index (χ0n) is 16.7. The van der Waals surface area contributed by atoms with Crippen molar-refractivity contribution in [1.29, 1.82) is 0 Å². The summed E-state index contributed by atoms with van der Waals surface area (Å²) in [4.78, 5) is 19.6. The summed E-state index contributed by atoms with van der Waals surface area (Å²) >= 11 is 0. The van der Waals surface area contributed by atoms with Crippen molar-refractivity contribution in [3.05, 3.63) is 48.7 Å². The smallest absolute Gasteiger partial charge is 0.182 e. The summed E-state index contributed by atoms with van der Waals surface area (Å²) in [5.41, 5.74) is 8.89. The summed E-state index contributed by atoms with van der Waals surface area (Å²) in [5.74, 6) is 1.07. The van der Waals surface area contributed by atoms with Gasteiger partial charge in [0.2, 0.25) is 0 Å². The van der Waals surface area contributed by atoms with Crippen LogP contribution in [0.3, 0.4) is 0 Å². The average molecular weight is 358 g/mol. The van der Waals surface area contributed by atoms with Crippen molar-refractivity contribution < 1.29 is 0 Å². The number of nitrogens with one attached hydrogen (secondary N) is 2. The van der Waals surface area contributed by atoms with E-state index in [9.17, 15) is 0 Å². The van der Waals surface area contributed by atoms with Gasteiger partial charge >= 0.3 is 0 Å². The first kappa shape index (κ1) is 23.0. The van der Waals surface area contributed by atoms with Crippen molar-refractivity contribution in [3.8, 4) is 0 Å². The third-order valence-corrected chi connectivity index (χ3v) is 2.81. The first-order valence-electron chi connectivity index (χ1n) is 8.81. The van der Waals surface area contributed by atoms with Crippen LogP contribution in [0.1, 0.15) is 41.5 Å². The number of nitrogens with zero attached hydrogens (tertiary/aromatic N) is 4. The highest BCUT2D eigenvalue weighted by Crippen LogP contribution is 2.14. The van der Waals surface area contributed by atoms with E-state index in [-0.39, 0.29) is 0 Å². The maximum atomic E-state index is 5.96. The topological polar surface area (TPSA) is 105 Å². The number of hydrogen-bond donors (Lipinski definition) is 3. The Labute approximate surface area is 156 Å². The van der Waals surface area contributed by atoms with E-state index in [1.165, 1.54) is 6.33 Å². The molecule has 0 atom stereocenters. The fraction of sp³-hybridized carbons (Fsp3) is 0.368. The Morgan fingerprint density at radius 1 is 1.27 bits per heavy atom. The second-order valence-corrected chi connectivity index (χ2v) is 4.64. The second kappa shape index (κ2) is 13.3. The molecule has 7 nitrogen and oxygen atoms in total. The minimum absolute atomic E-state index is 0.353. The number of nitrogens with two attached hydrogens (primary N) is 1. The highest BCUT2D eigenvalue weighted by atomic mass is 15.1. The molecule has 2 aromatic rings. The molecule has 2 rings (SSSR count). The zero-order chi connectivity index (χ0) is 19.9. The van der Waals surface area contributed by atoms with E-state index in [0.717, 1.165) is 16.8 Å². The van der Waals surface area contributed by atoms with Crippen molar-refractivity contribution in [3.63, 3.8) is 0 Å². The molecule has 0 spiro atoms. The summed E-state index contributed by atoms with van der Waals surface area (Å²) in [6.45, 7) is 16.1. The number of amidine groups is 1. The SMILES string of the molecule is C=C(C)/C(=C\C=C/C)N=C(N)CNc1ncnc2nc[nH]c12.CC.CC. The van der Waals surface area contributed by atoms with Crippen LogP contribution in [0.4, 0.5) is 5.82 Å². The molecule has 0 radical (unpaired) electrons. The Morgan fingerprint density at radius 2 is 1.96 bits per heavy atom. The maximum absolute atomic E-state index is 5.96. The lowest BCUT2D eigenvalue weighted by molar-refractivity contribution is 1.17. The summed E-state index contributed by atoms with van der Waals surface area (Å²) in [5, 5.41) is 3.12. The van der Waals surface area contributed by atoms with Crippen molar-refractivity contribution in [2.45, 2.75) is 41.5 Å². The minimum atomic E-state index is 0.353. The Hall–Kier alpha value is -2.96. The van der Waals surface area contributed by atoms with Gasteiger partial charge in [-0.15, -0.1) is 0 Å². The minimum Gasteiger partial charge on any atom is -0.386 e. The number of H-pyrrole nitrogens is 1. The van der Waals surface area contributed by atoms with Gasteiger partial charge in [-0.05, 0) is 25.5 Å². The van der Waals surface area contributed by atoms with Gasteiger partial charge < -0.3 is 16.0 Å². The van der Waals surface area contributed by atoms with Crippen molar-refractivity contribution in [2.75, 3.05) is 11.9 Å². The quantitative estimate of drug-likeness (QED) is 0.408. The summed E-state index contributed by atoms with van der Waals surface area (Å²) in [7, 11) is 0. The molecule has 2 heterocycles. The molecule has 4 N–H and O–H groups in total. The van der Waals surface area contributed by atoms with Crippen LogP contribution in [0.15, 0.2) is 53.7 Å². The zero-order valence-corrected chi connectivity index (χ0v) is 16.7. The van der Waals surface area contributed by atoms with Gasteiger partial charge in [0.25, 0.3) is 0 Å². The number of aromatic nitrogens is 4. The van der Waals surface area contributed by atoms with Gasteiger partial charge in [0.1, 0.15) is 17.7 Å². The molecule has 7 heteroatoms. The Balaban J connectivity index is 0.00000146. The van der Waals surface area contributed by atoms with Crippen LogP contribution in [0.5, 0.6) is 0 Å². The molecule has 0 aliphatic rings. The molecule has 0 saturated heterocycles. The molecule has 0 fully saturated rings. The van der Waals surface area contributed by atoms with Crippen LogP contribution in [0.2, 0.25) is 0 Å². The monoisotopic (exact) mass is 357 g/mol. The van der Waals surface area contributed by atoms with E-state index in [0.29, 0.717) is 23.8 Å². The molecule has 142 valence electrons. The molecule has 0 bridgehead atoms. The Bertz CT molecular complexity index is 754. The number of imidazole rings is 1. The van der Waals surface area contributed by atoms with E-state index in [2.05, 4.69) is 36.8 Å².